The number of ether oxygens (including phenoxy) is 2. The Morgan fingerprint density at radius 2 is 1.77 bits per heavy atom. The Labute approximate surface area is 211 Å². The normalized spacial score (nSPS) is 17.7. The third kappa shape index (κ3) is 7.55. The quantitative estimate of drug-likeness (QED) is 0.358. The number of carbonyl (C=O) groups excluding carboxylic acids is 1. The zero-order chi connectivity index (χ0) is 24.6. The highest BCUT2D eigenvalue weighted by Gasteiger charge is 2.23. The van der Waals surface area contributed by atoms with Gasteiger partial charge in [-0.25, -0.2) is 4.39 Å². The predicted octanol–water partition coefficient (Wildman–Crippen LogP) is 6.73. The van der Waals surface area contributed by atoms with Crippen LogP contribution in [0.3, 0.4) is 0 Å². The van der Waals surface area contributed by atoms with Crippen LogP contribution in [0.15, 0.2) is 66.7 Å². The number of hydrogen-bond acceptors (Lipinski definition) is 3. The molecule has 0 aromatic heterocycles. The Balaban J connectivity index is 1.37. The number of carbonyl (C=O) groups is 1. The first kappa shape index (κ1) is 25.2. The van der Waals surface area contributed by atoms with Gasteiger partial charge in [0.05, 0.1) is 18.8 Å². The zero-order valence-electron chi connectivity index (χ0n) is 19.9. The van der Waals surface area contributed by atoms with E-state index in [1.54, 1.807) is 6.07 Å². The number of amides is 1. The third-order valence-electron chi connectivity index (χ3n) is 6.28. The molecule has 0 atom stereocenters. The van der Waals surface area contributed by atoms with Gasteiger partial charge in [0.2, 0.25) is 5.91 Å². The first-order valence-corrected chi connectivity index (χ1v) is 12.5. The van der Waals surface area contributed by atoms with Crippen molar-refractivity contribution >= 4 is 17.5 Å². The maximum Gasteiger partial charge on any atom is 0.216 e. The Morgan fingerprint density at radius 3 is 2.51 bits per heavy atom. The fourth-order valence-corrected chi connectivity index (χ4v) is 4.71. The topological polar surface area (TPSA) is 47.6 Å². The summed E-state index contributed by atoms with van der Waals surface area (Å²) < 4.78 is 26.4. The summed E-state index contributed by atoms with van der Waals surface area (Å²) in [6.07, 6.45) is 4.70. The van der Waals surface area contributed by atoms with Crippen molar-refractivity contribution < 1.29 is 18.7 Å². The monoisotopic (exact) mass is 495 g/mol. The Bertz CT molecular complexity index is 1140. The van der Waals surface area contributed by atoms with Gasteiger partial charge in [0.15, 0.2) is 0 Å². The van der Waals surface area contributed by atoms with Crippen molar-refractivity contribution in [2.75, 3.05) is 6.54 Å². The molecule has 1 aliphatic carbocycles. The fraction of sp³-hybridized carbons (Fsp3) is 0.345. The van der Waals surface area contributed by atoms with E-state index >= 15 is 0 Å². The van der Waals surface area contributed by atoms with Crippen LogP contribution in [0.4, 0.5) is 4.39 Å². The molecule has 0 saturated heterocycles. The second-order valence-electron chi connectivity index (χ2n) is 9.02. The highest BCUT2D eigenvalue weighted by molar-refractivity contribution is 6.30. The van der Waals surface area contributed by atoms with E-state index in [9.17, 15) is 9.18 Å². The van der Waals surface area contributed by atoms with E-state index in [1.165, 1.54) is 19.1 Å². The molecule has 6 heteroatoms. The lowest BCUT2D eigenvalue weighted by Gasteiger charge is -2.29. The van der Waals surface area contributed by atoms with Gasteiger partial charge in [0.1, 0.15) is 11.6 Å². The lowest BCUT2D eigenvalue weighted by molar-refractivity contribution is -0.118. The van der Waals surface area contributed by atoms with E-state index < -0.39 is 0 Å². The molecule has 1 aliphatic rings. The fourth-order valence-electron chi connectivity index (χ4n) is 4.49. The molecule has 0 heterocycles. The summed E-state index contributed by atoms with van der Waals surface area (Å²) in [5.74, 6) is 0.429. The lowest BCUT2D eigenvalue weighted by Crippen LogP contribution is -2.28. The molecule has 1 saturated carbocycles. The molecule has 35 heavy (non-hydrogen) atoms. The summed E-state index contributed by atoms with van der Waals surface area (Å²) in [5, 5.41) is 3.55. The zero-order valence-corrected chi connectivity index (χ0v) is 20.7. The summed E-state index contributed by atoms with van der Waals surface area (Å²) in [5.41, 5.74) is 3.84. The maximum atomic E-state index is 13.9. The highest BCUT2D eigenvalue weighted by atomic mass is 35.5. The number of benzene rings is 3. The van der Waals surface area contributed by atoms with Crippen molar-refractivity contribution in [1.29, 1.82) is 0 Å². The van der Waals surface area contributed by atoms with Crippen LogP contribution in [0, 0.1) is 5.82 Å². The van der Waals surface area contributed by atoms with Crippen molar-refractivity contribution in [3.63, 3.8) is 0 Å². The molecule has 4 nitrogen and oxygen atoms in total. The van der Waals surface area contributed by atoms with Crippen LogP contribution < -0.4 is 10.1 Å². The van der Waals surface area contributed by atoms with Crippen molar-refractivity contribution in [3.05, 3.63) is 88.7 Å². The lowest BCUT2D eigenvalue weighted by atomic mass is 9.94. The summed E-state index contributed by atoms with van der Waals surface area (Å²) in [6.45, 7) is 2.59. The predicted molar refractivity (Wildman–Crippen MR) is 137 cm³/mol. The molecular formula is C29H31ClFNO3. The van der Waals surface area contributed by atoms with Gasteiger partial charge < -0.3 is 14.8 Å². The molecule has 0 aliphatic heterocycles. The Hall–Kier alpha value is -2.89. The summed E-state index contributed by atoms with van der Waals surface area (Å²) in [4.78, 5) is 11.3. The average Bonchev–Trinajstić information content (AvgIpc) is 2.84. The van der Waals surface area contributed by atoms with E-state index in [0.717, 1.165) is 58.7 Å². The summed E-state index contributed by atoms with van der Waals surface area (Å²) in [6, 6.07) is 20.3. The molecule has 3 aromatic rings. The minimum Gasteiger partial charge on any atom is -0.490 e. The second kappa shape index (κ2) is 12.2. The van der Waals surface area contributed by atoms with Crippen LogP contribution in [-0.2, 0) is 22.6 Å². The summed E-state index contributed by atoms with van der Waals surface area (Å²) in [7, 11) is 0. The molecule has 184 valence electrons. The van der Waals surface area contributed by atoms with Crippen molar-refractivity contribution in [3.8, 4) is 16.9 Å². The first-order valence-electron chi connectivity index (χ1n) is 12.1. The van der Waals surface area contributed by atoms with Crippen LogP contribution in [0.1, 0.15) is 43.7 Å². The Morgan fingerprint density at radius 1 is 1.00 bits per heavy atom. The summed E-state index contributed by atoms with van der Waals surface area (Å²) >= 11 is 6.06. The maximum absolute atomic E-state index is 13.9. The van der Waals surface area contributed by atoms with E-state index in [0.29, 0.717) is 19.6 Å². The smallest absolute Gasteiger partial charge is 0.216 e. The van der Waals surface area contributed by atoms with E-state index in [-0.39, 0.29) is 23.9 Å². The molecule has 0 bridgehead atoms. The van der Waals surface area contributed by atoms with E-state index in [2.05, 4.69) is 5.32 Å². The minimum atomic E-state index is -0.280. The third-order valence-corrected chi connectivity index (χ3v) is 6.52. The van der Waals surface area contributed by atoms with Crippen LogP contribution in [0.5, 0.6) is 5.75 Å². The second-order valence-corrected chi connectivity index (χ2v) is 9.46. The largest absolute Gasteiger partial charge is 0.490 e. The van der Waals surface area contributed by atoms with Gasteiger partial charge in [-0.05, 0) is 90.8 Å². The highest BCUT2D eigenvalue weighted by Crippen LogP contribution is 2.32. The van der Waals surface area contributed by atoms with Crippen LogP contribution in [0.25, 0.3) is 11.1 Å². The van der Waals surface area contributed by atoms with E-state index in [4.69, 9.17) is 21.1 Å². The molecule has 1 N–H and O–H groups in total. The van der Waals surface area contributed by atoms with Gasteiger partial charge >= 0.3 is 0 Å². The number of nitrogens with one attached hydrogen (secondary N) is 1. The van der Waals surface area contributed by atoms with Gasteiger partial charge in [-0.1, -0.05) is 41.9 Å². The molecular weight excluding hydrogens is 465 g/mol. The number of hydrogen-bond donors (Lipinski definition) is 1. The average molecular weight is 496 g/mol. The van der Waals surface area contributed by atoms with Gasteiger partial charge in [0.25, 0.3) is 0 Å². The number of halogens is 2. The van der Waals surface area contributed by atoms with Crippen molar-refractivity contribution in [2.24, 2.45) is 0 Å². The molecule has 0 radical (unpaired) electrons. The van der Waals surface area contributed by atoms with Gasteiger partial charge in [-0.2, -0.15) is 0 Å². The minimum absolute atomic E-state index is 0.0654. The van der Waals surface area contributed by atoms with Gasteiger partial charge in [-0.3, -0.25) is 4.79 Å². The molecule has 1 fully saturated rings. The molecule has 0 spiro atoms. The molecule has 1 amide bonds. The first-order chi connectivity index (χ1) is 17.0. The van der Waals surface area contributed by atoms with Crippen LogP contribution in [0.2, 0.25) is 5.02 Å². The molecule has 0 unspecified atom stereocenters. The number of rotatable bonds is 9. The van der Waals surface area contributed by atoms with Gasteiger partial charge in [0, 0.05) is 18.5 Å². The molecule has 4 rings (SSSR count). The SMILES string of the molecule is CC(=O)NCCc1ccc(OC2CCC(OCc3cccc(Cl)c3)CC2)cc1-c1cccc(F)c1. The Kier molecular flexibility index (Phi) is 8.78. The molecule has 3 aromatic carbocycles. The van der Waals surface area contributed by atoms with Crippen LogP contribution >= 0.6 is 11.6 Å². The van der Waals surface area contributed by atoms with E-state index in [1.807, 2.05) is 48.5 Å². The van der Waals surface area contributed by atoms with Gasteiger partial charge in [-0.15, -0.1) is 0 Å². The van der Waals surface area contributed by atoms with Crippen LogP contribution in [-0.4, -0.2) is 24.7 Å². The van der Waals surface area contributed by atoms with Crippen molar-refractivity contribution in [1.82, 2.24) is 5.32 Å². The standard InChI is InChI=1S/C29H31ClFNO3/c1-20(33)32-15-14-22-8-9-28(18-29(22)23-5-3-7-25(31)17-23)35-27-12-10-26(11-13-27)34-19-21-4-2-6-24(30)16-21/h2-9,16-18,26-27H,10-15,19H2,1H3,(H,32,33). The van der Waals surface area contributed by atoms with Crippen molar-refractivity contribution in [2.45, 2.75) is 57.8 Å².